The monoisotopic (exact) mass is 286 g/mol. The average molecular weight is 286 g/mol. The molecule has 2 unspecified atom stereocenters. The van der Waals surface area contributed by atoms with Crippen LogP contribution in [0.3, 0.4) is 0 Å². The summed E-state index contributed by atoms with van der Waals surface area (Å²) in [6, 6.07) is 5.98. The number of aryl methyl sites for hydroxylation is 1. The van der Waals surface area contributed by atoms with Gasteiger partial charge in [-0.2, -0.15) is 0 Å². The predicted octanol–water partition coefficient (Wildman–Crippen LogP) is 1.98. The summed E-state index contributed by atoms with van der Waals surface area (Å²) in [6.45, 7) is 5.03. The molecule has 3 rings (SSSR count). The van der Waals surface area contributed by atoms with Crippen molar-refractivity contribution in [3.05, 3.63) is 34.9 Å². The maximum atomic E-state index is 12.5. The van der Waals surface area contributed by atoms with Crippen LogP contribution >= 0.6 is 0 Å². The molecule has 4 nitrogen and oxygen atoms in total. The molecule has 1 saturated heterocycles. The third-order valence-corrected chi connectivity index (χ3v) is 4.94. The van der Waals surface area contributed by atoms with Gasteiger partial charge in [0.25, 0.3) is 0 Å². The number of nitrogens with zero attached hydrogens (tertiary/aromatic N) is 1. The molecular formula is C17H22N2O2. The highest BCUT2D eigenvalue weighted by Gasteiger charge is 2.51. The maximum absolute atomic E-state index is 12.5. The molecule has 1 aliphatic carbocycles. The number of amides is 2. The smallest absolute Gasteiger partial charge is 0.233 e. The number of rotatable bonds is 3. The molecule has 1 aromatic carbocycles. The topological polar surface area (TPSA) is 63.4 Å². The summed E-state index contributed by atoms with van der Waals surface area (Å²) in [5.74, 6) is 0.390. The number of fused-ring (bicyclic) bond motifs is 1. The molecule has 0 bridgehead atoms. The van der Waals surface area contributed by atoms with Crippen molar-refractivity contribution in [2.75, 3.05) is 0 Å². The minimum Gasteiger partial charge on any atom is -0.326 e. The standard InChI is InChI=1S/C17H22N2O2/c1-10-5-14-15(6-10)17(21)19(16(14)20)9-13-4-3-12(8-18)7-11(13)2/h3-4,7,10,14-15H,5-6,8-9,18H2,1-2H3. The lowest BCUT2D eigenvalue weighted by molar-refractivity contribution is -0.141. The quantitative estimate of drug-likeness (QED) is 0.864. The molecular weight excluding hydrogens is 264 g/mol. The van der Waals surface area contributed by atoms with Gasteiger partial charge in [0, 0.05) is 6.54 Å². The summed E-state index contributed by atoms with van der Waals surface area (Å²) in [6.07, 6.45) is 1.72. The van der Waals surface area contributed by atoms with Crippen LogP contribution in [-0.2, 0) is 22.7 Å². The van der Waals surface area contributed by atoms with Crippen molar-refractivity contribution in [2.24, 2.45) is 23.5 Å². The van der Waals surface area contributed by atoms with Gasteiger partial charge in [0.15, 0.2) is 0 Å². The summed E-state index contributed by atoms with van der Waals surface area (Å²) in [7, 11) is 0. The third kappa shape index (κ3) is 2.38. The van der Waals surface area contributed by atoms with E-state index in [4.69, 9.17) is 5.73 Å². The van der Waals surface area contributed by atoms with Gasteiger partial charge in [-0.15, -0.1) is 0 Å². The second kappa shape index (κ2) is 5.26. The molecule has 21 heavy (non-hydrogen) atoms. The first kappa shape index (κ1) is 14.3. The number of imide groups is 1. The van der Waals surface area contributed by atoms with Crippen molar-refractivity contribution in [3.63, 3.8) is 0 Å². The van der Waals surface area contributed by atoms with Gasteiger partial charge in [-0.3, -0.25) is 14.5 Å². The molecule has 2 fully saturated rings. The number of nitrogens with two attached hydrogens (primary N) is 1. The SMILES string of the molecule is Cc1cc(CN)ccc1CN1C(=O)C2CC(C)CC2C1=O. The van der Waals surface area contributed by atoms with Gasteiger partial charge in [0.05, 0.1) is 18.4 Å². The summed E-state index contributed by atoms with van der Waals surface area (Å²) in [5.41, 5.74) is 8.82. The first-order valence-electron chi connectivity index (χ1n) is 7.65. The number of carbonyl (C=O) groups excluding carboxylic acids is 2. The molecule has 0 aromatic heterocycles. The Balaban J connectivity index is 1.80. The van der Waals surface area contributed by atoms with Crippen LogP contribution in [0.4, 0.5) is 0 Å². The van der Waals surface area contributed by atoms with Crippen LogP contribution in [-0.4, -0.2) is 16.7 Å². The average Bonchev–Trinajstić information content (AvgIpc) is 2.94. The van der Waals surface area contributed by atoms with E-state index in [0.717, 1.165) is 29.5 Å². The van der Waals surface area contributed by atoms with E-state index in [9.17, 15) is 9.59 Å². The summed E-state index contributed by atoms with van der Waals surface area (Å²) in [5, 5.41) is 0. The van der Waals surface area contributed by atoms with Gasteiger partial charge in [-0.1, -0.05) is 25.1 Å². The first-order valence-corrected chi connectivity index (χ1v) is 7.65. The van der Waals surface area contributed by atoms with E-state index in [2.05, 4.69) is 6.92 Å². The molecule has 2 amide bonds. The lowest BCUT2D eigenvalue weighted by Crippen LogP contribution is -2.32. The Morgan fingerprint density at radius 2 is 1.81 bits per heavy atom. The van der Waals surface area contributed by atoms with Crippen molar-refractivity contribution >= 4 is 11.8 Å². The Bertz CT molecular complexity index is 572. The molecule has 1 heterocycles. The molecule has 2 aliphatic rings. The third-order valence-electron chi connectivity index (χ3n) is 4.94. The van der Waals surface area contributed by atoms with Crippen LogP contribution in [0.1, 0.15) is 36.5 Å². The van der Waals surface area contributed by atoms with Crippen LogP contribution in [0.5, 0.6) is 0 Å². The summed E-state index contributed by atoms with van der Waals surface area (Å²) < 4.78 is 0. The van der Waals surface area contributed by atoms with Crippen molar-refractivity contribution < 1.29 is 9.59 Å². The Hall–Kier alpha value is -1.68. The zero-order valence-corrected chi connectivity index (χ0v) is 12.6. The van der Waals surface area contributed by atoms with Gasteiger partial charge in [0.1, 0.15) is 0 Å². The molecule has 2 atom stereocenters. The molecule has 2 N–H and O–H groups in total. The first-order chi connectivity index (χ1) is 10.0. The zero-order chi connectivity index (χ0) is 15.1. The second-order valence-electron chi connectivity index (χ2n) is 6.52. The Labute approximate surface area is 125 Å². The Morgan fingerprint density at radius 3 is 2.33 bits per heavy atom. The molecule has 1 aromatic rings. The Kier molecular flexibility index (Phi) is 3.57. The predicted molar refractivity (Wildman–Crippen MR) is 80.0 cm³/mol. The van der Waals surface area contributed by atoms with Crippen molar-refractivity contribution in [1.82, 2.24) is 4.90 Å². The highest BCUT2D eigenvalue weighted by Crippen LogP contribution is 2.43. The molecule has 112 valence electrons. The summed E-state index contributed by atoms with van der Waals surface area (Å²) >= 11 is 0. The van der Waals surface area contributed by atoms with Crippen molar-refractivity contribution in [3.8, 4) is 0 Å². The van der Waals surface area contributed by atoms with Gasteiger partial charge < -0.3 is 5.73 Å². The minimum absolute atomic E-state index is 0.0247. The van der Waals surface area contributed by atoms with Crippen molar-refractivity contribution in [1.29, 1.82) is 0 Å². The number of hydrogen-bond acceptors (Lipinski definition) is 3. The maximum Gasteiger partial charge on any atom is 0.233 e. The fourth-order valence-corrected chi connectivity index (χ4v) is 3.74. The molecule has 1 saturated carbocycles. The number of hydrogen-bond donors (Lipinski definition) is 1. The van der Waals surface area contributed by atoms with Gasteiger partial charge in [-0.05, 0) is 42.4 Å². The molecule has 0 spiro atoms. The molecule has 0 radical (unpaired) electrons. The normalized spacial score (nSPS) is 28.3. The van der Waals surface area contributed by atoms with Gasteiger partial charge in [-0.25, -0.2) is 0 Å². The van der Waals surface area contributed by atoms with Crippen LogP contribution in [0.25, 0.3) is 0 Å². The van der Waals surface area contributed by atoms with E-state index in [0.29, 0.717) is 19.0 Å². The summed E-state index contributed by atoms with van der Waals surface area (Å²) in [4.78, 5) is 26.4. The van der Waals surface area contributed by atoms with E-state index in [-0.39, 0.29) is 23.7 Å². The second-order valence-corrected chi connectivity index (χ2v) is 6.52. The van der Waals surface area contributed by atoms with E-state index in [1.165, 1.54) is 4.90 Å². The van der Waals surface area contributed by atoms with Crippen molar-refractivity contribution in [2.45, 2.75) is 39.8 Å². The molecule has 4 heteroatoms. The highest BCUT2D eigenvalue weighted by atomic mass is 16.2. The molecule has 1 aliphatic heterocycles. The van der Waals surface area contributed by atoms with Crippen LogP contribution in [0.2, 0.25) is 0 Å². The lowest BCUT2D eigenvalue weighted by Gasteiger charge is -2.18. The lowest BCUT2D eigenvalue weighted by atomic mass is 10.00. The van der Waals surface area contributed by atoms with Gasteiger partial charge >= 0.3 is 0 Å². The van der Waals surface area contributed by atoms with E-state index >= 15 is 0 Å². The highest BCUT2D eigenvalue weighted by molar-refractivity contribution is 6.05. The van der Waals surface area contributed by atoms with Crippen LogP contribution < -0.4 is 5.73 Å². The zero-order valence-electron chi connectivity index (χ0n) is 12.6. The van der Waals surface area contributed by atoms with E-state index < -0.39 is 0 Å². The minimum atomic E-state index is -0.0730. The fourth-order valence-electron chi connectivity index (χ4n) is 3.74. The van der Waals surface area contributed by atoms with Crippen LogP contribution in [0, 0.1) is 24.7 Å². The van der Waals surface area contributed by atoms with E-state index in [1.54, 1.807) is 0 Å². The number of benzene rings is 1. The number of carbonyl (C=O) groups is 2. The largest absolute Gasteiger partial charge is 0.326 e. The number of likely N-dealkylation sites (tertiary alicyclic amines) is 1. The van der Waals surface area contributed by atoms with Gasteiger partial charge in [0.2, 0.25) is 11.8 Å². The fraction of sp³-hybridized carbons (Fsp3) is 0.529. The van der Waals surface area contributed by atoms with Crippen LogP contribution in [0.15, 0.2) is 18.2 Å². The Morgan fingerprint density at radius 1 is 1.19 bits per heavy atom. The van der Waals surface area contributed by atoms with E-state index in [1.807, 2.05) is 25.1 Å².